The van der Waals surface area contributed by atoms with E-state index in [1.807, 2.05) is 0 Å². The molecule has 0 aliphatic carbocycles. The maximum atomic E-state index is 14.7. The predicted molar refractivity (Wildman–Crippen MR) is 124 cm³/mol. The Labute approximate surface area is 203 Å². The van der Waals surface area contributed by atoms with E-state index >= 15 is 0 Å². The Bertz CT molecular complexity index is 1280. The average molecular weight is 505 g/mol. The lowest BCUT2D eigenvalue weighted by Gasteiger charge is -2.34. The Morgan fingerprint density at radius 3 is 2.51 bits per heavy atom. The fourth-order valence-electron chi connectivity index (χ4n) is 3.66. The van der Waals surface area contributed by atoms with E-state index in [0.29, 0.717) is 11.6 Å². The summed E-state index contributed by atoms with van der Waals surface area (Å²) in [5, 5.41) is 15.6. The molecule has 1 aromatic heterocycles. The molecule has 1 heterocycles. The third-order valence-electron chi connectivity index (χ3n) is 5.06. The van der Waals surface area contributed by atoms with Crippen molar-refractivity contribution in [1.82, 2.24) is 19.7 Å². The number of hydrogen-bond donors (Lipinski definition) is 1. The van der Waals surface area contributed by atoms with Gasteiger partial charge in [-0.25, -0.2) is 18.4 Å². The van der Waals surface area contributed by atoms with Crippen molar-refractivity contribution in [3.63, 3.8) is 0 Å². The zero-order chi connectivity index (χ0) is 25.6. The number of rotatable bonds is 11. The maximum Gasteiger partial charge on any atom is 0.297 e. The second-order valence-corrected chi connectivity index (χ2v) is 9.91. The number of aromatic nitrogens is 3. The molecule has 0 spiro atoms. The minimum atomic E-state index is -3.89. The molecule has 0 aliphatic heterocycles. The minimum Gasteiger partial charge on any atom is -0.382 e. The average Bonchev–Trinajstić information content (AvgIpc) is 3.26. The number of aliphatic hydroxyl groups is 1. The molecule has 8 nitrogen and oxygen atoms in total. The van der Waals surface area contributed by atoms with Gasteiger partial charge in [-0.05, 0) is 37.6 Å². The Hall–Kier alpha value is -3.17. The van der Waals surface area contributed by atoms with Crippen molar-refractivity contribution < 1.29 is 26.5 Å². The van der Waals surface area contributed by atoms with Gasteiger partial charge in [0, 0.05) is 24.7 Å². The second-order valence-electron chi connectivity index (χ2n) is 8.34. The molecule has 11 heteroatoms. The van der Waals surface area contributed by atoms with Gasteiger partial charge in [-0.3, -0.25) is 9.08 Å². The molecule has 1 atom stereocenters. The van der Waals surface area contributed by atoms with Gasteiger partial charge in [0.25, 0.3) is 10.1 Å². The van der Waals surface area contributed by atoms with E-state index in [1.54, 1.807) is 30.9 Å². The van der Waals surface area contributed by atoms with Crippen molar-refractivity contribution in [2.45, 2.75) is 43.5 Å². The van der Waals surface area contributed by atoms with Crippen LogP contribution in [-0.4, -0.2) is 52.4 Å². The van der Waals surface area contributed by atoms with Crippen LogP contribution in [0.4, 0.5) is 8.78 Å². The van der Waals surface area contributed by atoms with Gasteiger partial charge in [-0.1, -0.05) is 24.1 Å². The van der Waals surface area contributed by atoms with Crippen molar-refractivity contribution in [2.75, 3.05) is 13.1 Å². The van der Waals surface area contributed by atoms with Crippen molar-refractivity contribution in [3.05, 3.63) is 77.9 Å². The highest BCUT2D eigenvalue weighted by molar-refractivity contribution is 7.86. The quantitative estimate of drug-likeness (QED) is 0.317. The molecule has 0 bridgehead atoms. The van der Waals surface area contributed by atoms with Gasteiger partial charge in [-0.2, -0.15) is 13.5 Å². The third kappa shape index (κ3) is 6.93. The summed E-state index contributed by atoms with van der Waals surface area (Å²) in [5.41, 5.74) is -1.26. The number of benzene rings is 2. The van der Waals surface area contributed by atoms with Crippen molar-refractivity contribution in [2.24, 2.45) is 0 Å². The van der Waals surface area contributed by atoms with Crippen LogP contribution < -0.4 is 0 Å². The normalized spacial score (nSPS) is 13.7. The molecule has 0 fully saturated rings. The number of nitrogens with zero attached hydrogens (tertiary/aromatic N) is 4. The van der Waals surface area contributed by atoms with E-state index in [1.165, 1.54) is 35.5 Å². The highest BCUT2D eigenvalue weighted by Gasteiger charge is 2.35. The highest BCUT2D eigenvalue weighted by Crippen LogP contribution is 2.28. The van der Waals surface area contributed by atoms with Crippen LogP contribution in [0.5, 0.6) is 0 Å². The standard InChI is InChI=1S/C24H26F2N4O4S/c1-4-11-29(13-19-5-8-21(9-6-19)35(32,33)34-18(2)3)14-24(31,15-30-17-27-16-28-30)22-10-7-20(25)12-23(22)26/h1,5-10,12,16-18,31H,11,13-15H2,2-3H3. The van der Waals surface area contributed by atoms with Gasteiger partial charge >= 0.3 is 0 Å². The number of halogens is 2. The molecule has 0 radical (unpaired) electrons. The number of hydrogen-bond acceptors (Lipinski definition) is 7. The highest BCUT2D eigenvalue weighted by atomic mass is 32.2. The fourth-order valence-corrected chi connectivity index (χ4v) is 4.75. The van der Waals surface area contributed by atoms with Gasteiger partial charge in [0.1, 0.15) is 29.9 Å². The van der Waals surface area contributed by atoms with E-state index in [0.717, 1.165) is 6.07 Å². The molecule has 3 rings (SSSR count). The lowest BCUT2D eigenvalue weighted by molar-refractivity contribution is -0.0205. The summed E-state index contributed by atoms with van der Waals surface area (Å²) in [4.78, 5) is 5.54. The SMILES string of the molecule is C#CCN(Cc1ccc(S(=O)(=O)OC(C)C)cc1)CC(O)(Cn1cncn1)c1ccc(F)cc1F. The molecule has 0 saturated heterocycles. The third-order valence-corrected chi connectivity index (χ3v) is 6.55. The first-order valence-electron chi connectivity index (χ1n) is 10.7. The zero-order valence-electron chi connectivity index (χ0n) is 19.3. The first-order valence-corrected chi connectivity index (χ1v) is 12.1. The Morgan fingerprint density at radius 1 is 1.23 bits per heavy atom. The molecule has 0 amide bonds. The Balaban J connectivity index is 1.87. The van der Waals surface area contributed by atoms with E-state index < -0.39 is 33.5 Å². The molecule has 35 heavy (non-hydrogen) atoms. The van der Waals surface area contributed by atoms with Gasteiger partial charge in [0.2, 0.25) is 0 Å². The van der Waals surface area contributed by atoms with Gasteiger partial charge < -0.3 is 5.11 Å². The molecule has 3 aromatic rings. The van der Waals surface area contributed by atoms with Crippen LogP contribution in [-0.2, 0) is 33.0 Å². The van der Waals surface area contributed by atoms with E-state index in [4.69, 9.17) is 10.6 Å². The lowest BCUT2D eigenvalue weighted by Crippen LogP contribution is -2.44. The van der Waals surface area contributed by atoms with Crippen LogP contribution in [0, 0.1) is 24.0 Å². The largest absolute Gasteiger partial charge is 0.382 e. The van der Waals surface area contributed by atoms with Gasteiger partial charge in [0.15, 0.2) is 0 Å². The van der Waals surface area contributed by atoms with Crippen LogP contribution >= 0.6 is 0 Å². The molecular formula is C24H26F2N4O4S. The molecule has 0 aliphatic rings. The van der Waals surface area contributed by atoms with Crippen molar-refractivity contribution in [1.29, 1.82) is 0 Å². The van der Waals surface area contributed by atoms with Gasteiger partial charge in [-0.15, -0.1) is 6.42 Å². The van der Waals surface area contributed by atoms with Crippen LogP contribution in [0.3, 0.4) is 0 Å². The molecule has 0 saturated carbocycles. The predicted octanol–water partition coefficient (Wildman–Crippen LogP) is 2.69. The second kappa shape index (κ2) is 11.0. The lowest BCUT2D eigenvalue weighted by atomic mass is 9.92. The summed E-state index contributed by atoms with van der Waals surface area (Å²) < 4.78 is 59.1. The molecule has 2 aromatic carbocycles. The first-order chi connectivity index (χ1) is 16.5. The monoisotopic (exact) mass is 504 g/mol. The van der Waals surface area contributed by atoms with Crippen molar-refractivity contribution >= 4 is 10.1 Å². The minimum absolute atomic E-state index is 0.00882. The molecule has 1 N–H and O–H groups in total. The summed E-state index contributed by atoms with van der Waals surface area (Å²) in [6, 6.07) is 9.00. The molecular weight excluding hydrogens is 478 g/mol. The van der Waals surface area contributed by atoms with Crippen LogP contribution in [0.1, 0.15) is 25.0 Å². The van der Waals surface area contributed by atoms with E-state index in [2.05, 4.69) is 16.0 Å². The maximum absolute atomic E-state index is 14.7. The van der Waals surface area contributed by atoms with Crippen LogP contribution in [0.25, 0.3) is 0 Å². The summed E-state index contributed by atoms with van der Waals surface area (Å²) >= 11 is 0. The first kappa shape index (κ1) is 26.4. The Kier molecular flexibility index (Phi) is 8.34. The summed E-state index contributed by atoms with van der Waals surface area (Å²) in [6.45, 7) is 3.26. The molecule has 186 valence electrons. The van der Waals surface area contributed by atoms with Crippen LogP contribution in [0.2, 0.25) is 0 Å². The summed E-state index contributed by atoms with van der Waals surface area (Å²) in [5.74, 6) is 0.831. The number of terminal acetylenes is 1. The van der Waals surface area contributed by atoms with E-state index in [-0.39, 0.29) is 36.6 Å². The Morgan fingerprint density at radius 2 is 1.94 bits per heavy atom. The zero-order valence-corrected chi connectivity index (χ0v) is 20.1. The van der Waals surface area contributed by atoms with Crippen LogP contribution in [0.15, 0.2) is 60.0 Å². The molecule has 1 unspecified atom stereocenters. The topological polar surface area (TPSA) is 97.6 Å². The smallest absolute Gasteiger partial charge is 0.297 e. The van der Waals surface area contributed by atoms with E-state index in [9.17, 15) is 22.3 Å². The van der Waals surface area contributed by atoms with Crippen molar-refractivity contribution in [3.8, 4) is 12.3 Å². The van der Waals surface area contributed by atoms with Gasteiger partial charge in [0.05, 0.1) is 24.1 Å². The summed E-state index contributed by atoms with van der Waals surface area (Å²) in [6.07, 6.45) is 7.68. The fraction of sp³-hybridized carbons (Fsp3) is 0.333. The summed E-state index contributed by atoms with van der Waals surface area (Å²) in [7, 11) is -3.89.